The molecule has 11 heteroatoms. The number of hydrogen-bond acceptors (Lipinski definition) is 6. The molecule has 1 aliphatic rings. The molecule has 1 amide bonds. The molecule has 0 radical (unpaired) electrons. The van der Waals surface area contributed by atoms with Crippen LogP contribution in [0.3, 0.4) is 0 Å². The molecule has 9 nitrogen and oxygen atoms in total. The van der Waals surface area contributed by atoms with Crippen molar-refractivity contribution in [1.82, 2.24) is 24.9 Å². The normalized spacial score (nSPS) is 14.6. The third-order valence-electron chi connectivity index (χ3n) is 7.11. The van der Waals surface area contributed by atoms with E-state index >= 15 is 0 Å². The van der Waals surface area contributed by atoms with Gasteiger partial charge in [0, 0.05) is 47.3 Å². The number of nitrogens with zero attached hydrogens (tertiary/aromatic N) is 4. The van der Waals surface area contributed by atoms with Crippen LogP contribution >= 0.6 is 11.6 Å². The minimum Gasteiger partial charge on any atom is -0.493 e. The highest BCUT2D eigenvalue weighted by molar-refractivity contribution is 6.31. The van der Waals surface area contributed by atoms with Gasteiger partial charge in [-0.2, -0.15) is 0 Å². The second-order valence-corrected chi connectivity index (χ2v) is 10.1. The molecule has 6 rings (SSSR count). The molecule has 1 unspecified atom stereocenters. The van der Waals surface area contributed by atoms with Crippen LogP contribution in [0.25, 0.3) is 10.9 Å². The molecule has 0 spiro atoms. The maximum atomic E-state index is 13.5. The summed E-state index contributed by atoms with van der Waals surface area (Å²) in [4.78, 5) is 18.7. The van der Waals surface area contributed by atoms with Gasteiger partial charge in [-0.25, -0.2) is 9.18 Å². The van der Waals surface area contributed by atoms with Gasteiger partial charge >= 0.3 is 6.09 Å². The number of carbonyl (C=O) groups is 1. The minimum atomic E-state index is -0.545. The standard InChI is InChI=1S/C30H27ClFN5O4/c1-39-27-17-19(3-10-26(27)40-16-2-13-36-15-12-33-35-36)29-28-23(24-18-20(31)4-9-25(24)34-28)11-14-37(29)30(38)41-22-7-5-21(32)6-8-22/h3-10,12,15,17-18,29,34H,2,11,13-14,16H2,1H3. The lowest BCUT2D eigenvalue weighted by Crippen LogP contribution is -2.42. The van der Waals surface area contributed by atoms with Crippen molar-refractivity contribution in [1.29, 1.82) is 0 Å². The third kappa shape index (κ3) is 5.55. The van der Waals surface area contributed by atoms with Crippen molar-refractivity contribution in [3.05, 3.63) is 101 Å². The van der Waals surface area contributed by atoms with Gasteiger partial charge in [0.15, 0.2) is 11.5 Å². The Morgan fingerprint density at radius 3 is 2.76 bits per heavy atom. The van der Waals surface area contributed by atoms with Gasteiger partial charge in [-0.3, -0.25) is 9.58 Å². The number of ether oxygens (including phenoxy) is 3. The first kappa shape index (κ1) is 26.6. The third-order valence-corrected chi connectivity index (χ3v) is 7.34. The number of aromatic amines is 1. The Morgan fingerprint density at radius 2 is 1.98 bits per heavy atom. The van der Waals surface area contributed by atoms with Crippen molar-refractivity contribution >= 4 is 28.6 Å². The van der Waals surface area contributed by atoms with Crippen LogP contribution in [0.15, 0.2) is 73.1 Å². The zero-order valence-electron chi connectivity index (χ0n) is 22.2. The van der Waals surface area contributed by atoms with Gasteiger partial charge in [-0.05, 0) is 72.1 Å². The van der Waals surface area contributed by atoms with Gasteiger partial charge in [0.2, 0.25) is 0 Å². The molecule has 3 heterocycles. The lowest BCUT2D eigenvalue weighted by atomic mass is 9.92. The molecule has 1 aliphatic heterocycles. The molecular weight excluding hydrogens is 549 g/mol. The van der Waals surface area contributed by atoms with Gasteiger partial charge in [0.1, 0.15) is 17.6 Å². The summed E-state index contributed by atoms with van der Waals surface area (Å²) in [5.41, 5.74) is 3.70. The number of benzene rings is 3. The first-order chi connectivity index (χ1) is 20.0. The molecule has 41 heavy (non-hydrogen) atoms. The van der Waals surface area contributed by atoms with E-state index in [1.165, 1.54) is 24.3 Å². The number of hydrogen-bond donors (Lipinski definition) is 1. The van der Waals surface area contributed by atoms with Crippen LogP contribution in [0.5, 0.6) is 17.2 Å². The summed E-state index contributed by atoms with van der Waals surface area (Å²) in [7, 11) is 1.58. The van der Waals surface area contributed by atoms with Gasteiger partial charge in [-0.1, -0.05) is 22.9 Å². The lowest BCUT2D eigenvalue weighted by molar-refractivity contribution is 0.135. The highest BCUT2D eigenvalue weighted by Crippen LogP contribution is 2.41. The van der Waals surface area contributed by atoms with E-state index < -0.39 is 18.0 Å². The maximum absolute atomic E-state index is 13.5. The number of nitrogens with one attached hydrogen (secondary N) is 1. The summed E-state index contributed by atoms with van der Waals surface area (Å²) in [6.07, 6.45) is 4.24. The van der Waals surface area contributed by atoms with Crippen LogP contribution in [0.1, 0.15) is 29.3 Å². The quantitative estimate of drug-likeness (QED) is 0.222. The minimum absolute atomic E-state index is 0.261. The van der Waals surface area contributed by atoms with E-state index in [1.807, 2.05) is 36.4 Å². The number of aryl methyl sites for hydroxylation is 1. The molecule has 1 N–H and O–H groups in total. The van der Waals surface area contributed by atoms with Crippen LogP contribution < -0.4 is 14.2 Å². The van der Waals surface area contributed by atoms with Crippen molar-refractivity contribution < 1.29 is 23.4 Å². The molecule has 1 atom stereocenters. The lowest BCUT2D eigenvalue weighted by Gasteiger charge is -2.35. The fourth-order valence-electron chi connectivity index (χ4n) is 5.20. The number of H-pyrrole nitrogens is 1. The molecular formula is C30H27ClFN5O4. The van der Waals surface area contributed by atoms with Crippen molar-refractivity contribution in [2.45, 2.75) is 25.4 Å². The van der Waals surface area contributed by atoms with Crippen molar-refractivity contribution in [3.8, 4) is 17.2 Å². The topological polar surface area (TPSA) is 94.5 Å². The highest BCUT2D eigenvalue weighted by atomic mass is 35.5. The molecule has 0 aliphatic carbocycles. The Morgan fingerprint density at radius 1 is 1.12 bits per heavy atom. The first-order valence-electron chi connectivity index (χ1n) is 13.2. The second kappa shape index (κ2) is 11.5. The summed E-state index contributed by atoms with van der Waals surface area (Å²) in [6.45, 7) is 1.54. The van der Waals surface area contributed by atoms with Crippen LogP contribution in [0, 0.1) is 5.82 Å². The van der Waals surface area contributed by atoms with Crippen LogP contribution in [-0.2, 0) is 13.0 Å². The molecule has 3 aromatic carbocycles. The Bertz CT molecular complexity index is 1670. The largest absolute Gasteiger partial charge is 0.493 e. The van der Waals surface area contributed by atoms with Crippen molar-refractivity contribution in [2.75, 3.05) is 20.3 Å². The fraction of sp³-hybridized carbons (Fsp3) is 0.233. The Labute approximate surface area is 240 Å². The molecule has 2 aromatic heterocycles. The Hall–Kier alpha value is -4.57. The van der Waals surface area contributed by atoms with Crippen LogP contribution in [-0.4, -0.2) is 51.2 Å². The number of fused-ring (bicyclic) bond motifs is 3. The molecule has 5 aromatic rings. The van der Waals surface area contributed by atoms with E-state index in [-0.39, 0.29) is 5.75 Å². The van der Waals surface area contributed by atoms with E-state index in [9.17, 15) is 9.18 Å². The monoisotopic (exact) mass is 575 g/mol. The summed E-state index contributed by atoms with van der Waals surface area (Å²) in [5.74, 6) is 0.988. The van der Waals surface area contributed by atoms with Gasteiger partial charge in [0.05, 0.1) is 19.9 Å². The first-order valence-corrected chi connectivity index (χ1v) is 13.6. The zero-order chi connectivity index (χ0) is 28.3. The van der Waals surface area contributed by atoms with E-state index in [0.717, 1.165) is 34.1 Å². The van der Waals surface area contributed by atoms with E-state index in [2.05, 4.69) is 15.3 Å². The second-order valence-electron chi connectivity index (χ2n) is 9.65. The van der Waals surface area contributed by atoms with Crippen molar-refractivity contribution in [2.24, 2.45) is 0 Å². The average Bonchev–Trinajstić information content (AvgIpc) is 3.64. The van der Waals surface area contributed by atoms with Crippen LogP contribution in [0.2, 0.25) is 5.02 Å². The number of rotatable bonds is 8. The fourth-order valence-corrected chi connectivity index (χ4v) is 5.37. The summed E-state index contributed by atoms with van der Waals surface area (Å²) in [5, 5.41) is 9.43. The van der Waals surface area contributed by atoms with Crippen molar-refractivity contribution in [3.63, 3.8) is 0 Å². The molecule has 0 fully saturated rings. The van der Waals surface area contributed by atoms with E-state index in [4.69, 9.17) is 25.8 Å². The predicted octanol–water partition coefficient (Wildman–Crippen LogP) is 6.18. The highest BCUT2D eigenvalue weighted by Gasteiger charge is 2.36. The number of carbonyl (C=O) groups excluding carboxylic acids is 1. The molecule has 0 bridgehead atoms. The molecule has 0 saturated carbocycles. The van der Waals surface area contributed by atoms with Crippen LogP contribution in [0.4, 0.5) is 9.18 Å². The number of methoxy groups -OCH3 is 1. The van der Waals surface area contributed by atoms with E-state index in [0.29, 0.717) is 42.6 Å². The number of amides is 1. The summed E-state index contributed by atoms with van der Waals surface area (Å²) < 4.78 is 32.6. The Balaban J connectivity index is 1.31. The summed E-state index contributed by atoms with van der Waals surface area (Å²) >= 11 is 6.33. The van der Waals surface area contributed by atoms with Gasteiger partial charge in [0.25, 0.3) is 0 Å². The zero-order valence-corrected chi connectivity index (χ0v) is 23.0. The molecule has 210 valence electrons. The Kier molecular flexibility index (Phi) is 7.47. The maximum Gasteiger partial charge on any atom is 0.416 e. The van der Waals surface area contributed by atoms with Gasteiger partial charge < -0.3 is 19.2 Å². The van der Waals surface area contributed by atoms with E-state index in [1.54, 1.807) is 29.1 Å². The predicted molar refractivity (Wildman–Crippen MR) is 151 cm³/mol. The van der Waals surface area contributed by atoms with Gasteiger partial charge in [-0.15, -0.1) is 5.10 Å². The summed E-state index contributed by atoms with van der Waals surface area (Å²) in [6, 6.07) is 16.2. The number of aromatic nitrogens is 4. The number of halogens is 2. The SMILES string of the molecule is COc1cc(C2c3[nH]c4ccc(Cl)cc4c3CCN2C(=O)Oc2ccc(F)cc2)ccc1OCCCn1ccnn1. The smallest absolute Gasteiger partial charge is 0.416 e. The molecule has 0 saturated heterocycles. The average molecular weight is 576 g/mol.